The van der Waals surface area contributed by atoms with Crippen LogP contribution in [0.25, 0.3) is 5.57 Å². The quantitative estimate of drug-likeness (QED) is 0.682. The van der Waals surface area contributed by atoms with Crippen LogP contribution in [0.15, 0.2) is 38.5 Å². The molecule has 100 valence electrons. The molecule has 0 fully saturated rings. The Balaban J connectivity index is 2.47. The summed E-state index contributed by atoms with van der Waals surface area (Å²) >= 11 is 1.21. The topological polar surface area (TPSA) is 63.6 Å². The lowest BCUT2D eigenvalue weighted by Gasteiger charge is -2.12. The lowest BCUT2D eigenvalue weighted by Crippen LogP contribution is -2.15. The second kappa shape index (κ2) is 3.97. The maximum Gasteiger partial charge on any atom is 0.210 e. The van der Waals surface area contributed by atoms with Gasteiger partial charge in [0.2, 0.25) is 9.84 Å². The summed E-state index contributed by atoms with van der Waals surface area (Å²) in [4.78, 5) is 0.470. The zero-order chi connectivity index (χ0) is 13.8. The van der Waals surface area contributed by atoms with E-state index in [4.69, 9.17) is 0 Å². The summed E-state index contributed by atoms with van der Waals surface area (Å²) in [7, 11) is -6.07. The van der Waals surface area contributed by atoms with E-state index in [1.54, 1.807) is 30.5 Å². The van der Waals surface area contributed by atoms with Crippen molar-refractivity contribution in [2.24, 2.45) is 4.40 Å². The second-order valence-corrected chi connectivity index (χ2v) is 9.11. The Labute approximate surface area is 116 Å². The van der Waals surface area contributed by atoms with Gasteiger partial charge in [-0.1, -0.05) is 18.2 Å². The standard InChI is InChI=1S/C12H11NO3S3/c1-17-12-11-9(7-18(2,14)13-12)8-5-3-4-6-10(8)19(11,15)16/h3-7H,1-2H3. The van der Waals surface area contributed by atoms with Gasteiger partial charge in [-0.05, 0) is 12.3 Å². The zero-order valence-corrected chi connectivity index (χ0v) is 12.7. The number of hydrogen-bond acceptors (Lipinski definition) is 4. The summed E-state index contributed by atoms with van der Waals surface area (Å²) in [6, 6.07) is 6.78. The molecule has 4 nitrogen and oxygen atoms in total. The van der Waals surface area contributed by atoms with Crippen LogP contribution in [0.2, 0.25) is 0 Å². The molecule has 2 aliphatic rings. The van der Waals surface area contributed by atoms with Crippen molar-refractivity contribution in [2.75, 3.05) is 12.5 Å². The fraction of sp³-hybridized carbons (Fsp3) is 0.167. The van der Waals surface area contributed by atoms with E-state index in [1.807, 2.05) is 0 Å². The fourth-order valence-electron chi connectivity index (χ4n) is 2.23. The molecule has 19 heavy (non-hydrogen) atoms. The van der Waals surface area contributed by atoms with E-state index in [0.29, 0.717) is 16.2 Å². The van der Waals surface area contributed by atoms with Crippen molar-refractivity contribution in [3.05, 3.63) is 34.7 Å². The van der Waals surface area contributed by atoms with Crippen LogP contribution in [0.4, 0.5) is 0 Å². The highest BCUT2D eigenvalue weighted by Crippen LogP contribution is 2.42. The van der Waals surface area contributed by atoms with Gasteiger partial charge in [-0.25, -0.2) is 12.6 Å². The highest BCUT2D eigenvalue weighted by molar-refractivity contribution is 8.17. The molecular weight excluding hydrogens is 302 g/mol. The Morgan fingerprint density at radius 1 is 1.16 bits per heavy atom. The van der Waals surface area contributed by atoms with E-state index in [1.165, 1.54) is 23.4 Å². The Morgan fingerprint density at radius 2 is 1.84 bits per heavy atom. The van der Waals surface area contributed by atoms with Crippen LogP contribution >= 0.6 is 11.8 Å². The van der Waals surface area contributed by atoms with Gasteiger partial charge in [0.1, 0.15) is 9.95 Å². The summed E-state index contributed by atoms with van der Waals surface area (Å²) in [6.07, 6.45) is 3.25. The van der Waals surface area contributed by atoms with E-state index in [2.05, 4.69) is 4.40 Å². The number of allylic oxidation sites excluding steroid dienone is 1. The minimum absolute atomic E-state index is 0.196. The Hall–Kier alpha value is -1.05. The Bertz CT molecular complexity index is 869. The number of nitrogens with zero attached hydrogens (tertiary/aromatic N) is 1. The van der Waals surface area contributed by atoms with E-state index in [9.17, 15) is 12.6 Å². The van der Waals surface area contributed by atoms with Gasteiger partial charge in [0.05, 0.1) is 14.6 Å². The van der Waals surface area contributed by atoms with Crippen molar-refractivity contribution < 1.29 is 12.6 Å². The first-order valence-corrected chi connectivity index (χ1v) is 10.1. The highest BCUT2D eigenvalue weighted by atomic mass is 32.2. The van der Waals surface area contributed by atoms with Gasteiger partial charge in [-0.3, -0.25) is 0 Å². The monoisotopic (exact) mass is 313 g/mol. The van der Waals surface area contributed by atoms with Gasteiger partial charge in [-0.15, -0.1) is 11.8 Å². The van der Waals surface area contributed by atoms with Gasteiger partial charge >= 0.3 is 0 Å². The molecule has 0 N–H and O–H groups in total. The maximum atomic E-state index is 12.5. The molecule has 7 heteroatoms. The van der Waals surface area contributed by atoms with Crippen LogP contribution in [0.5, 0.6) is 0 Å². The van der Waals surface area contributed by atoms with Gasteiger partial charge in [0.15, 0.2) is 0 Å². The first-order chi connectivity index (χ1) is 8.87. The van der Waals surface area contributed by atoms with Gasteiger partial charge in [0, 0.05) is 22.8 Å². The lowest BCUT2D eigenvalue weighted by atomic mass is 10.1. The minimum Gasteiger partial charge on any atom is -0.245 e. The number of rotatable bonds is 0. The average Bonchev–Trinajstić information content (AvgIpc) is 2.57. The number of hydrogen-bond donors (Lipinski definition) is 0. The van der Waals surface area contributed by atoms with Crippen molar-refractivity contribution in [1.29, 1.82) is 0 Å². The molecule has 3 rings (SSSR count). The number of sulfone groups is 1. The molecule has 0 bridgehead atoms. The highest BCUT2D eigenvalue weighted by Gasteiger charge is 2.39. The molecule has 0 aliphatic carbocycles. The summed E-state index contributed by atoms with van der Waals surface area (Å²) in [5.41, 5.74) is 1.15. The molecule has 0 amide bonds. The fourth-order valence-corrected chi connectivity index (χ4v) is 6.81. The second-order valence-electron chi connectivity index (χ2n) is 4.32. The number of fused-ring (bicyclic) bond motifs is 2. The molecular formula is C12H11NO3S3. The summed E-state index contributed by atoms with van der Waals surface area (Å²) in [5, 5.41) is 1.81. The summed E-state index contributed by atoms with van der Waals surface area (Å²) < 4.78 is 41.4. The maximum absolute atomic E-state index is 12.5. The third kappa shape index (κ3) is 1.79. The molecule has 2 heterocycles. The predicted octanol–water partition coefficient (Wildman–Crippen LogP) is 1.59. The molecule has 2 aliphatic heterocycles. The Morgan fingerprint density at radius 3 is 2.53 bits per heavy atom. The van der Waals surface area contributed by atoms with E-state index in [0.717, 1.165) is 0 Å². The molecule has 1 unspecified atom stereocenters. The molecule has 1 aromatic carbocycles. The summed E-state index contributed by atoms with van der Waals surface area (Å²) in [5.74, 6) is 0. The van der Waals surface area contributed by atoms with Crippen molar-refractivity contribution in [3.63, 3.8) is 0 Å². The van der Waals surface area contributed by atoms with Crippen molar-refractivity contribution in [3.8, 4) is 0 Å². The largest absolute Gasteiger partial charge is 0.245 e. The van der Waals surface area contributed by atoms with Crippen molar-refractivity contribution in [1.82, 2.24) is 0 Å². The van der Waals surface area contributed by atoms with Crippen LogP contribution in [-0.2, 0) is 19.5 Å². The molecule has 0 aromatic heterocycles. The molecule has 0 radical (unpaired) electrons. The smallest absolute Gasteiger partial charge is 0.210 e. The summed E-state index contributed by atoms with van der Waals surface area (Å²) in [6.45, 7) is 0. The Kier molecular flexibility index (Phi) is 2.71. The van der Waals surface area contributed by atoms with E-state index < -0.39 is 19.5 Å². The first-order valence-electron chi connectivity index (χ1n) is 5.44. The molecule has 0 spiro atoms. The van der Waals surface area contributed by atoms with Crippen LogP contribution in [0.3, 0.4) is 0 Å². The minimum atomic E-state index is -3.55. The first kappa shape index (κ1) is 13.0. The van der Waals surface area contributed by atoms with Crippen molar-refractivity contribution in [2.45, 2.75) is 4.90 Å². The molecule has 0 saturated heterocycles. The average molecular weight is 313 g/mol. The van der Waals surface area contributed by atoms with Crippen LogP contribution < -0.4 is 0 Å². The van der Waals surface area contributed by atoms with Crippen LogP contribution in [0.1, 0.15) is 5.56 Å². The third-order valence-electron chi connectivity index (χ3n) is 2.97. The normalized spacial score (nSPS) is 27.4. The van der Waals surface area contributed by atoms with E-state index >= 15 is 0 Å². The van der Waals surface area contributed by atoms with Crippen LogP contribution in [-0.4, -0.2) is 35.5 Å². The van der Waals surface area contributed by atoms with Gasteiger partial charge in [0.25, 0.3) is 0 Å². The lowest BCUT2D eigenvalue weighted by molar-refractivity contribution is 0.604. The van der Waals surface area contributed by atoms with Gasteiger partial charge in [-0.2, -0.15) is 4.40 Å². The SMILES string of the molecule is CSC1=NS(C)(=O)=CC2=C1S(=O)(=O)c1ccccc12. The number of benzene rings is 1. The zero-order valence-electron chi connectivity index (χ0n) is 10.3. The third-order valence-corrected chi connectivity index (χ3v) is 7.00. The van der Waals surface area contributed by atoms with Crippen molar-refractivity contribution >= 4 is 47.3 Å². The molecule has 1 atom stereocenters. The van der Waals surface area contributed by atoms with Crippen LogP contribution in [0, 0.1) is 0 Å². The van der Waals surface area contributed by atoms with Gasteiger partial charge < -0.3 is 0 Å². The predicted molar refractivity (Wildman–Crippen MR) is 81.6 cm³/mol. The molecule has 0 saturated carbocycles. The molecule has 1 aromatic rings. The number of thioether (sulfide) groups is 1. The van der Waals surface area contributed by atoms with E-state index in [-0.39, 0.29) is 9.80 Å².